The van der Waals surface area contributed by atoms with Crippen molar-refractivity contribution in [2.75, 3.05) is 0 Å². The average Bonchev–Trinajstić information content (AvgIpc) is 3.76. The van der Waals surface area contributed by atoms with Gasteiger partial charge in [-0.3, -0.25) is 0 Å². The molecule has 1 heteroatoms. The number of aryl methyl sites for hydroxylation is 3. The molecule has 0 radical (unpaired) electrons. The average molecular weight is 636 g/mol. The lowest BCUT2D eigenvalue weighted by atomic mass is 9.83. The van der Waals surface area contributed by atoms with E-state index >= 15 is 0 Å². The second-order valence-electron chi connectivity index (χ2n) is 11.5. The van der Waals surface area contributed by atoms with Crippen molar-refractivity contribution >= 4 is 75.8 Å². The Labute approximate surface area is 311 Å². The van der Waals surface area contributed by atoms with Gasteiger partial charge in [0.1, 0.15) is 11.2 Å². The number of hydrogen-bond donors (Lipinski definition) is 0. The first-order valence-corrected chi connectivity index (χ1v) is 14.9. The van der Waals surface area contributed by atoms with E-state index in [1.165, 1.54) is 20.8 Å². The molecule has 48 heavy (non-hydrogen) atoms. The van der Waals surface area contributed by atoms with Gasteiger partial charge in [-0.15, -0.1) is 0 Å². The van der Waals surface area contributed by atoms with Crippen LogP contribution in [0.15, 0.2) is 143 Å². The van der Waals surface area contributed by atoms with Crippen molar-refractivity contribution in [2.45, 2.75) is 20.8 Å². The third-order valence-corrected chi connectivity index (χ3v) is 8.99. The summed E-state index contributed by atoms with van der Waals surface area (Å²) in [5, 5.41) is -3.76. The molecule has 0 atom stereocenters. The zero-order valence-corrected chi connectivity index (χ0v) is 25.4. The maximum Gasteiger partial charge on any atom is 0.139 e. The predicted molar refractivity (Wildman–Crippen MR) is 206 cm³/mol. The van der Waals surface area contributed by atoms with Gasteiger partial charge in [-0.2, -0.15) is 0 Å². The first kappa shape index (κ1) is 12.9. The summed E-state index contributed by atoms with van der Waals surface area (Å²) in [6.45, 7) is 4.41. The zero-order valence-electron chi connectivity index (χ0n) is 48.4. The summed E-state index contributed by atoms with van der Waals surface area (Å²) >= 11 is 0. The molecule has 0 saturated carbocycles. The highest BCUT2D eigenvalue weighted by Crippen LogP contribution is 2.48. The Balaban J connectivity index is 1.56. The molecule has 0 saturated heterocycles. The highest BCUT2D eigenvalue weighted by molar-refractivity contribution is 6.27. The van der Waals surface area contributed by atoms with Gasteiger partial charge in [0.25, 0.3) is 0 Å². The second kappa shape index (κ2) is 10.0. The van der Waals surface area contributed by atoms with Crippen LogP contribution in [0.4, 0.5) is 0 Å². The summed E-state index contributed by atoms with van der Waals surface area (Å²) in [6.07, 6.45) is 0. The maximum absolute atomic E-state index is 10.0. The summed E-state index contributed by atoms with van der Waals surface area (Å²) in [7, 11) is 0. The van der Waals surface area contributed by atoms with Gasteiger partial charge in [0.05, 0.1) is 31.5 Å². The molecule has 1 aromatic heterocycles. The van der Waals surface area contributed by atoms with E-state index in [9.17, 15) is 13.7 Å². The van der Waals surface area contributed by atoms with Crippen LogP contribution in [0.1, 0.15) is 48.2 Å². The first-order valence-electron chi connectivity index (χ1n) is 26.4. The van der Waals surface area contributed by atoms with Crippen LogP contribution in [0.25, 0.3) is 98.1 Å². The fourth-order valence-electron chi connectivity index (χ4n) is 6.87. The Bertz CT molecular complexity index is 4210. The van der Waals surface area contributed by atoms with Crippen molar-refractivity contribution in [3.8, 4) is 22.3 Å². The van der Waals surface area contributed by atoms with Crippen LogP contribution in [-0.2, 0) is 0 Å². The smallest absolute Gasteiger partial charge is 0.139 e. The van der Waals surface area contributed by atoms with E-state index < -0.39 is 188 Å². The van der Waals surface area contributed by atoms with Crippen LogP contribution in [-0.4, -0.2) is 0 Å². The van der Waals surface area contributed by atoms with Crippen molar-refractivity contribution in [1.82, 2.24) is 0 Å². The molecule has 10 aromatic rings. The monoisotopic (exact) mass is 635 g/mol. The number of fused-ring (bicyclic) bond motifs is 9. The summed E-state index contributed by atoms with van der Waals surface area (Å²) in [6, 6.07) is -16.9. The van der Waals surface area contributed by atoms with Crippen LogP contribution in [0.2, 0.25) is 0 Å². The normalized spacial score (nSPS) is 18.8. The van der Waals surface area contributed by atoms with Gasteiger partial charge >= 0.3 is 0 Å². The molecule has 1 nitrogen and oxygen atoms in total. The molecule has 226 valence electrons. The van der Waals surface area contributed by atoms with Crippen LogP contribution < -0.4 is 0 Å². The Morgan fingerprint density at radius 3 is 1.67 bits per heavy atom. The van der Waals surface area contributed by atoms with Crippen LogP contribution >= 0.6 is 0 Å². The van der Waals surface area contributed by atoms with E-state index in [0.29, 0.717) is 0 Å². The Kier molecular flexibility index (Phi) is 2.71. The van der Waals surface area contributed by atoms with E-state index in [1.807, 2.05) is 0 Å². The number of furan rings is 1. The van der Waals surface area contributed by atoms with Gasteiger partial charge in [0, 0.05) is 16.3 Å². The van der Waals surface area contributed by atoms with Gasteiger partial charge in [-0.25, -0.2) is 0 Å². The van der Waals surface area contributed by atoms with Crippen molar-refractivity contribution in [3.63, 3.8) is 0 Å². The largest absolute Gasteiger partial charge is 0.456 e. The van der Waals surface area contributed by atoms with Crippen LogP contribution in [0.3, 0.4) is 0 Å². The minimum atomic E-state index is -0.907. The molecule has 0 fully saturated rings. The molecule has 1 heterocycles. The summed E-state index contributed by atoms with van der Waals surface area (Å²) in [5.74, 6) is 0. The Hall–Kier alpha value is -5.92. The summed E-state index contributed by atoms with van der Waals surface area (Å²) in [5.41, 5.74) is -2.31. The SMILES string of the molecule is [2H]c1c(-c2c3c([2H])c([2H])c([2H])c([2H])c3c(-c3c([2H])c([2H])c([2H])c4c([2H])c(C)c5c([2H])c([2H])c([2H])c([2H])c5c34)c3c([2H])c([2H])c([2H])c([2H])c23)c([2H])c2c(oc3c(C)c4c([2H])c([2H])c([2H])c([2H])c4c(C)c32)c1[2H]. The molecule has 10 rings (SSSR count). The highest BCUT2D eigenvalue weighted by Gasteiger charge is 2.21. The third kappa shape index (κ3) is 3.67. The molecule has 0 aliphatic rings. The zero-order chi connectivity index (χ0) is 52.1. The van der Waals surface area contributed by atoms with Crippen molar-refractivity contribution < 1.29 is 35.9 Å². The molecule has 0 unspecified atom stereocenters. The van der Waals surface area contributed by atoms with E-state index in [1.54, 1.807) is 0 Å². The number of rotatable bonds is 2. The van der Waals surface area contributed by atoms with Gasteiger partial charge in [0.15, 0.2) is 0 Å². The van der Waals surface area contributed by atoms with Gasteiger partial charge in [0.2, 0.25) is 0 Å². The molecule has 9 aromatic carbocycles. The second-order valence-corrected chi connectivity index (χ2v) is 11.5. The fraction of sp³-hybridized carbons (Fsp3) is 0.0638. The molecule has 0 spiro atoms. The molecule has 0 amide bonds. The fourth-order valence-corrected chi connectivity index (χ4v) is 6.87. The maximum atomic E-state index is 10.0. The minimum Gasteiger partial charge on any atom is -0.456 e. The lowest BCUT2D eigenvalue weighted by molar-refractivity contribution is 0.666. The van der Waals surface area contributed by atoms with Gasteiger partial charge < -0.3 is 4.42 Å². The lowest BCUT2D eigenvalue weighted by Crippen LogP contribution is -1.92. The van der Waals surface area contributed by atoms with Crippen molar-refractivity contribution in [3.05, 3.63) is 156 Å². The standard InChI is InChI=1S/C47H32O/c1-27-25-30-13-12-22-40(45(30)35-17-7-4-14-32(27)35)46-38-20-10-8-18-36(38)44(37-19-9-11-21-39(37)46)31-23-24-42-41(26-31)43-28(2)33-15-5-6-16-34(33)29(3)47(43)48-42/h4-26H,1-3H3/i4D,5D,6D,7D,8D,9D,10D,11D,12D,13D,14D,15D,16D,17D,18D,19D,20D,21D,22D,23D,24D,25D,26D. The lowest BCUT2D eigenvalue weighted by Gasteiger charge is -2.20. The van der Waals surface area contributed by atoms with Gasteiger partial charge in [-0.05, 0) is 120 Å². The van der Waals surface area contributed by atoms with E-state index in [4.69, 9.17) is 22.2 Å². The number of hydrogen-bond acceptors (Lipinski definition) is 1. The highest BCUT2D eigenvalue weighted by atomic mass is 16.3. The van der Waals surface area contributed by atoms with Crippen LogP contribution in [0.5, 0.6) is 0 Å². The van der Waals surface area contributed by atoms with Crippen molar-refractivity contribution in [2.24, 2.45) is 0 Å². The van der Waals surface area contributed by atoms with Gasteiger partial charge in [-0.1, -0.05) is 127 Å². The van der Waals surface area contributed by atoms with Crippen molar-refractivity contribution in [1.29, 1.82) is 0 Å². The quantitative estimate of drug-likeness (QED) is 0.136. The summed E-state index contributed by atoms with van der Waals surface area (Å²) < 4.78 is 216. The Morgan fingerprint density at radius 1 is 0.438 bits per heavy atom. The minimum absolute atomic E-state index is 0.00410. The van der Waals surface area contributed by atoms with E-state index in [0.717, 1.165) is 0 Å². The summed E-state index contributed by atoms with van der Waals surface area (Å²) in [4.78, 5) is 0. The number of benzene rings is 9. The molecule has 0 N–H and O–H groups in total. The topological polar surface area (TPSA) is 13.1 Å². The van der Waals surface area contributed by atoms with E-state index in [-0.39, 0.29) is 66.2 Å². The third-order valence-electron chi connectivity index (χ3n) is 8.99. The Morgan fingerprint density at radius 2 is 1.00 bits per heavy atom. The molecular weight excluding hydrogens is 581 g/mol. The molecular formula is C47H32O. The molecule has 0 aliphatic heterocycles. The first-order chi connectivity index (χ1) is 33.2. The molecule has 0 bridgehead atoms. The predicted octanol–water partition coefficient (Wildman–Crippen LogP) is 13.6. The van der Waals surface area contributed by atoms with E-state index in [2.05, 4.69) is 0 Å². The molecule has 0 aliphatic carbocycles. The van der Waals surface area contributed by atoms with Crippen LogP contribution in [0, 0.1) is 20.8 Å².